The van der Waals surface area contributed by atoms with Gasteiger partial charge >= 0.3 is 5.97 Å². The van der Waals surface area contributed by atoms with Gasteiger partial charge in [-0.05, 0) is 36.4 Å². The summed E-state index contributed by atoms with van der Waals surface area (Å²) in [5.74, 6) is -1.39. The maximum Gasteiger partial charge on any atom is 0.305 e. The van der Waals surface area contributed by atoms with Crippen molar-refractivity contribution in [2.75, 3.05) is 6.54 Å². The minimum absolute atomic E-state index is 0.0538. The second-order valence-electron chi connectivity index (χ2n) is 5.17. The highest BCUT2D eigenvalue weighted by Gasteiger charge is 2.33. The van der Waals surface area contributed by atoms with Gasteiger partial charge < -0.3 is 10.0 Å². The molecule has 0 unspecified atom stereocenters. The van der Waals surface area contributed by atoms with Crippen LogP contribution in [0.25, 0.3) is 10.1 Å². The van der Waals surface area contributed by atoms with E-state index in [9.17, 15) is 14.0 Å². The fraction of sp³-hybridized carbons (Fsp3) is 0.333. The molecule has 0 aliphatic heterocycles. The summed E-state index contributed by atoms with van der Waals surface area (Å²) >= 11 is 1.25. The molecule has 1 saturated carbocycles. The second-order valence-corrected chi connectivity index (χ2v) is 6.25. The Labute approximate surface area is 124 Å². The Balaban J connectivity index is 1.84. The van der Waals surface area contributed by atoms with Gasteiger partial charge in [-0.2, -0.15) is 0 Å². The lowest BCUT2D eigenvalue weighted by Gasteiger charge is -2.20. The number of hydrogen-bond donors (Lipinski definition) is 1. The first-order valence-electron chi connectivity index (χ1n) is 6.76. The average Bonchev–Trinajstić information content (AvgIpc) is 3.17. The van der Waals surface area contributed by atoms with E-state index in [1.807, 2.05) is 0 Å². The minimum atomic E-state index is -0.910. The predicted molar refractivity (Wildman–Crippen MR) is 78.1 cm³/mol. The van der Waals surface area contributed by atoms with Gasteiger partial charge in [0.2, 0.25) is 0 Å². The van der Waals surface area contributed by atoms with Crippen molar-refractivity contribution >= 4 is 33.3 Å². The number of nitrogens with zero attached hydrogens (tertiary/aromatic N) is 1. The molecule has 1 aliphatic carbocycles. The zero-order chi connectivity index (χ0) is 15.0. The lowest BCUT2D eigenvalue weighted by atomic mass is 10.2. The van der Waals surface area contributed by atoms with Crippen LogP contribution in [0.2, 0.25) is 0 Å². The topological polar surface area (TPSA) is 57.6 Å². The van der Waals surface area contributed by atoms with Crippen molar-refractivity contribution in [3.63, 3.8) is 0 Å². The Morgan fingerprint density at radius 3 is 2.76 bits per heavy atom. The van der Waals surface area contributed by atoms with Crippen LogP contribution in [0.3, 0.4) is 0 Å². The molecule has 0 saturated heterocycles. The lowest BCUT2D eigenvalue weighted by Crippen LogP contribution is -2.34. The smallest absolute Gasteiger partial charge is 0.305 e. The van der Waals surface area contributed by atoms with Gasteiger partial charge in [-0.15, -0.1) is 11.3 Å². The second kappa shape index (κ2) is 5.44. The van der Waals surface area contributed by atoms with Crippen molar-refractivity contribution in [3.8, 4) is 0 Å². The quantitative estimate of drug-likeness (QED) is 0.923. The molecule has 0 bridgehead atoms. The largest absolute Gasteiger partial charge is 0.481 e. The summed E-state index contributed by atoms with van der Waals surface area (Å²) in [5.41, 5.74) is 0. The van der Waals surface area contributed by atoms with Crippen LogP contribution in [0.4, 0.5) is 4.39 Å². The lowest BCUT2D eigenvalue weighted by molar-refractivity contribution is -0.137. The van der Waals surface area contributed by atoms with Gasteiger partial charge in [-0.1, -0.05) is 6.07 Å². The number of carboxylic acid groups (broad SMARTS) is 1. The molecule has 2 aromatic rings. The number of benzene rings is 1. The number of aliphatic carboxylic acids is 1. The van der Waals surface area contributed by atoms with E-state index >= 15 is 0 Å². The monoisotopic (exact) mass is 307 g/mol. The molecule has 4 nitrogen and oxygen atoms in total. The summed E-state index contributed by atoms with van der Waals surface area (Å²) in [6.45, 7) is 0.224. The van der Waals surface area contributed by atoms with Crippen LogP contribution in [0.15, 0.2) is 24.3 Å². The molecule has 21 heavy (non-hydrogen) atoms. The summed E-state index contributed by atoms with van der Waals surface area (Å²) in [4.78, 5) is 25.4. The average molecular weight is 307 g/mol. The zero-order valence-electron chi connectivity index (χ0n) is 11.2. The van der Waals surface area contributed by atoms with Crippen LogP contribution >= 0.6 is 11.3 Å². The summed E-state index contributed by atoms with van der Waals surface area (Å²) in [6.07, 6.45) is 1.79. The van der Waals surface area contributed by atoms with Crippen molar-refractivity contribution in [2.24, 2.45) is 0 Å². The highest BCUT2D eigenvalue weighted by molar-refractivity contribution is 7.20. The fourth-order valence-corrected chi connectivity index (χ4v) is 3.35. The summed E-state index contributed by atoms with van der Waals surface area (Å²) in [6, 6.07) is 6.33. The third-order valence-electron chi connectivity index (χ3n) is 3.51. The number of carboxylic acids is 1. The van der Waals surface area contributed by atoms with E-state index in [1.54, 1.807) is 17.0 Å². The van der Waals surface area contributed by atoms with E-state index in [4.69, 9.17) is 5.11 Å². The maximum atomic E-state index is 13.2. The number of amides is 1. The van der Waals surface area contributed by atoms with Crippen molar-refractivity contribution in [1.82, 2.24) is 4.90 Å². The van der Waals surface area contributed by atoms with Crippen molar-refractivity contribution in [3.05, 3.63) is 35.0 Å². The highest BCUT2D eigenvalue weighted by Crippen LogP contribution is 2.32. The first kappa shape index (κ1) is 14.0. The Morgan fingerprint density at radius 2 is 2.10 bits per heavy atom. The predicted octanol–water partition coefficient (Wildman–Crippen LogP) is 3.12. The molecule has 0 atom stereocenters. The van der Waals surface area contributed by atoms with E-state index < -0.39 is 5.97 Å². The first-order valence-corrected chi connectivity index (χ1v) is 7.58. The molecular formula is C15H14FNO3S. The van der Waals surface area contributed by atoms with E-state index in [1.165, 1.54) is 23.5 Å². The normalized spacial score (nSPS) is 14.3. The third-order valence-corrected chi connectivity index (χ3v) is 4.59. The van der Waals surface area contributed by atoms with Crippen LogP contribution in [0, 0.1) is 5.82 Å². The molecule has 1 N–H and O–H groups in total. The molecule has 1 heterocycles. The van der Waals surface area contributed by atoms with Crippen LogP contribution < -0.4 is 0 Å². The van der Waals surface area contributed by atoms with Crippen LogP contribution in [-0.4, -0.2) is 34.5 Å². The van der Waals surface area contributed by atoms with Gasteiger partial charge in [-0.3, -0.25) is 9.59 Å². The Bertz CT molecular complexity index is 708. The number of carbonyl (C=O) groups is 2. The Kier molecular flexibility index (Phi) is 3.63. The minimum Gasteiger partial charge on any atom is -0.481 e. The van der Waals surface area contributed by atoms with Crippen LogP contribution in [0.5, 0.6) is 0 Å². The number of fused-ring (bicyclic) bond motifs is 1. The van der Waals surface area contributed by atoms with Gasteiger partial charge in [0.1, 0.15) is 5.82 Å². The van der Waals surface area contributed by atoms with E-state index in [-0.39, 0.29) is 30.7 Å². The van der Waals surface area contributed by atoms with Gasteiger partial charge in [0.05, 0.1) is 11.3 Å². The SMILES string of the molecule is O=C(O)CCN(C(=O)c1cc2ccc(F)cc2s1)C1CC1. The molecule has 0 spiro atoms. The molecule has 1 aromatic heterocycles. The van der Waals surface area contributed by atoms with E-state index in [2.05, 4.69) is 0 Å². The van der Waals surface area contributed by atoms with Crippen molar-refractivity contribution < 1.29 is 19.1 Å². The first-order chi connectivity index (χ1) is 10.0. The highest BCUT2D eigenvalue weighted by atomic mass is 32.1. The maximum absolute atomic E-state index is 13.2. The number of thiophene rings is 1. The molecule has 1 fully saturated rings. The zero-order valence-corrected chi connectivity index (χ0v) is 12.0. The summed E-state index contributed by atoms with van der Waals surface area (Å²) < 4.78 is 13.9. The third kappa shape index (κ3) is 3.05. The number of halogens is 1. The van der Waals surface area contributed by atoms with Gasteiger partial charge in [0.15, 0.2) is 0 Å². The number of rotatable bonds is 5. The molecular weight excluding hydrogens is 293 g/mol. The molecule has 3 rings (SSSR count). The molecule has 1 amide bonds. The molecule has 6 heteroatoms. The van der Waals surface area contributed by atoms with Crippen molar-refractivity contribution in [1.29, 1.82) is 0 Å². The summed E-state index contributed by atoms with van der Waals surface area (Å²) in [5, 5.41) is 9.62. The molecule has 1 aromatic carbocycles. The van der Waals surface area contributed by atoms with Gasteiger partial charge in [-0.25, -0.2) is 4.39 Å². The van der Waals surface area contributed by atoms with Crippen molar-refractivity contribution in [2.45, 2.75) is 25.3 Å². The number of carbonyl (C=O) groups excluding carboxylic acids is 1. The van der Waals surface area contributed by atoms with E-state index in [0.717, 1.165) is 22.9 Å². The Hall–Kier alpha value is -1.95. The molecule has 110 valence electrons. The van der Waals surface area contributed by atoms with Gasteiger partial charge in [0.25, 0.3) is 5.91 Å². The summed E-state index contributed by atoms with van der Waals surface area (Å²) in [7, 11) is 0. The van der Waals surface area contributed by atoms with Gasteiger partial charge in [0, 0.05) is 17.3 Å². The van der Waals surface area contributed by atoms with Crippen LogP contribution in [-0.2, 0) is 4.79 Å². The molecule has 0 radical (unpaired) electrons. The standard InChI is InChI=1S/C15H14FNO3S/c16-10-2-1-9-7-13(21-12(9)8-10)15(20)17(11-3-4-11)6-5-14(18)19/h1-2,7-8,11H,3-6H2,(H,18,19). The van der Waals surface area contributed by atoms with E-state index in [0.29, 0.717) is 4.88 Å². The Morgan fingerprint density at radius 1 is 1.33 bits per heavy atom. The number of hydrogen-bond acceptors (Lipinski definition) is 3. The van der Waals surface area contributed by atoms with Crippen LogP contribution in [0.1, 0.15) is 28.9 Å². The molecule has 1 aliphatic rings. The fourth-order valence-electron chi connectivity index (χ4n) is 2.30.